The molecule has 0 saturated heterocycles. The summed E-state index contributed by atoms with van der Waals surface area (Å²) in [5, 5.41) is 4.32. The Balaban J connectivity index is 1.87. The molecule has 0 atom stereocenters. The van der Waals surface area contributed by atoms with E-state index in [0.29, 0.717) is 6.61 Å². The summed E-state index contributed by atoms with van der Waals surface area (Å²) >= 11 is 0. The van der Waals surface area contributed by atoms with Gasteiger partial charge in [-0.2, -0.15) is 5.10 Å². The molecule has 0 aliphatic rings. The van der Waals surface area contributed by atoms with Crippen LogP contribution in [-0.2, 0) is 0 Å². The molecule has 4 heteroatoms. The Labute approximate surface area is 122 Å². The van der Waals surface area contributed by atoms with E-state index in [1.54, 1.807) is 16.9 Å². The smallest absolute Gasteiger partial charge is 0.123 e. The number of halogens is 1. The quantitative estimate of drug-likeness (QED) is 0.721. The van der Waals surface area contributed by atoms with Gasteiger partial charge in [-0.3, -0.25) is 0 Å². The van der Waals surface area contributed by atoms with Crippen molar-refractivity contribution in [2.75, 3.05) is 6.61 Å². The highest BCUT2D eigenvalue weighted by molar-refractivity contribution is 5.62. The molecule has 0 radical (unpaired) electrons. The summed E-state index contributed by atoms with van der Waals surface area (Å²) in [6, 6.07) is 14.2. The Morgan fingerprint density at radius 2 is 1.90 bits per heavy atom. The molecule has 21 heavy (non-hydrogen) atoms. The van der Waals surface area contributed by atoms with Crippen LogP contribution in [0.4, 0.5) is 4.39 Å². The van der Waals surface area contributed by atoms with Gasteiger partial charge in [-0.05, 0) is 48.9 Å². The molecule has 0 bridgehead atoms. The summed E-state index contributed by atoms with van der Waals surface area (Å²) < 4.78 is 20.4. The zero-order valence-electron chi connectivity index (χ0n) is 11.7. The zero-order chi connectivity index (χ0) is 14.7. The fourth-order valence-electron chi connectivity index (χ4n) is 2.14. The third-order valence-corrected chi connectivity index (χ3v) is 3.15. The summed E-state index contributed by atoms with van der Waals surface area (Å²) in [5.74, 6) is 0.583. The molecule has 0 spiro atoms. The number of rotatable bonds is 4. The number of aromatic nitrogens is 2. The first-order valence-corrected chi connectivity index (χ1v) is 6.80. The van der Waals surface area contributed by atoms with E-state index in [-0.39, 0.29) is 5.82 Å². The van der Waals surface area contributed by atoms with Gasteiger partial charge in [0.05, 0.1) is 18.5 Å². The van der Waals surface area contributed by atoms with Crippen LogP contribution in [0.2, 0.25) is 0 Å². The van der Waals surface area contributed by atoms with Crippen LogP contribution in [0.15, 0.2) is 60.9 Å². The van der Waals surface area contributed by atoms with E-state index in [9.17, 15) is 4.39 Å². The van der Waals surface area contributed by atoms with Crippen molar-refractivity contribution in [3.8, 4) is 22.6 Å². The first-order valence-electron chi connectivity index (χ1n) is 6.80. The standard InChI is InChI=1S/C17H15FN2O/c1-2-21-17-8-6-16(7-9-17)20-12-14(11-19-20)13-4-3-5-15(18)10-13/h3-12H,2H2,1H3. The second-order valence-electron chi connectivity index (χ2n) is 4.61. The summed E-state index contributed by atoms with van der Waals surface area (Å²) in [6.45, 7) is 2.59. The van der Waals surface area contributed by atoms with Crippen molar-refractivity contribution in [3.63, 3.8) is 0 Å². The van der Waals surface area contributed by atoms with Gasteiger partial charge in [-0.25, -0.2) is 9.07 Å². The highest BCUT2D eigenvalue weighted by Crippen LogP contribution is 2.21. The van der Waals surface area contributed by atoms with E-state index in [0.717, 1.165) is 22.6 Å². The minimum atomic E-state index is -0.249. The van der Waals surface area contributed by atoms with Gasteiger partial charge in [-0.15, -0.1) is 0 Å². The van der Waals surface area contributed by atoms with Crippen LogP contribution >= 0.6 is 0 Å². The van der Waals surface area contributed by atoms with Crippen LogP contribution in [0.1, 0.15) is 6.92 Å². The summed E-state index contributed by atoms with van der Waals surface area (Å²) in [5.41, 5.74) is 2.62. The Kier molecular flexibility index (Phi) is 3.69. The van der Waals surface area contributed by atoms with Crippen molar-refractivity contribution in [3.05, 3.63) is 66.7 Å². The molecular formula is C17H15FN2O. The maximum atomic E-state index is 13.3. The van der Waals surface area contributed by atoms with Crippen LogP contribution in [0.25, 0.3) is 16.8 Å². The largest absolute Gasteiger partial charge is 0.494 e. The van der Waals surface area contributed by atoms with Gasteiger partial charge in [0.25, 0.3) is 0 Å². The predicted octanol–water partition coefficient (Wildman–Crippen LogP) is 4.08. The number of nitrogens with zero attached hydrogens (tertiary/aromatic N) is 2. The molecule has 0 unspecified atom stereocenters. The molecule has 1 heterocycles. The van der Waals surface area contributed by atoms with E-state index in [1.165, 1.54) is 12.1 Å². The van der Waals surface area contributed by atoms with Crippen LogP contribution in [-0.4, -0.2) is 16.4 Å². The van der Waals surface area contributed by atoms with E-state index in [2.05, 4.69) is 5.10 Å². The first kappa shape index (κ1) is 13.4. The van der Waals surface area contributed by atoms with Crippen molar-refractivity contribution in [1.29, 1.82) is 0 Å². The normalized spacial score (nSPS) is 10.6. The van der Waals surface area contributed by atoms with Crippen molar-refractivity contribution >= 4 is 0 Å². The maximum Gasteiger partial charge on any atom is 0.123 e. The average Bonchev–Trinajstić information content (AvgIpc) is 2.98. The number of benzene rings is 2. The topological polar surface area (TPSA) is 27.1 Å². The molecule has 1 aromatic heterocycles. The fourth-order valence-corrected chi connectivity index (χ4v) is 2.14. The van der Waals surface area contributed by atoms with Gasteiger partial charge in [0, 0.05) is 11.8 Å². The van der Waals surface area contributed by atoms with Crippen molar-refractivity contribution < 1.29 is 9.13 Å². The summed E-state index contributed by atoms with van der Waals surface area (Å²) in [7, 11) is 0. The third-order valence-electron chi connectivity index (χ3n) is 3.15. The van der Waals surface area contributed by atoms with Gasteiger partial charge in [0.2, 0.25) is 0 Å². The van der Waals surface area contributed by atoms with Gasteiger partial charge in [0.1, 0.15) is 11.6 Å². The molecule has 0 fully saturated rings. The average molecular weight is 282 g/mol. The molecule has 0 N–H and O–H groups in total. The molecule has 3 nitrogen and oxygen atoms in total. The minimum absolute atomic E-state index is 0.249. The van der Waals surface area contributed by atoms with Crippen molar-refractivity contribution in [1.82, 2.24) is 9.78 Å². The van der Waals surface area contributed by atoms with Gasteiger partial charge < -0.3 is 4.74 Å². The van der Waals surface area contributed by atoms with E-state index in [4.69, 9.17) is 4.74 Å². The molecule has 3 aromatic rings. The maximum absolute atomic E-state index is 13.3. The van der Waals surface area contributed by atoms with Crippen molar-refractivity contribution in [2.24, 2.45) is 0 Å². The van der Waals surface area contributed by atoms with Crippen LogP contribution < -0.4 is 4.74 Å². The van der Waals surface area contributed by atoms with Crippen LogP contribution in [0, 0.1) is 5.82 Å². The van der Waals surface area contributed by atoms with Gasteiger partial charge >= 0.3 is 0 Å². The molecule has 3 rings (SSSR count). The molecule has 0 aliphatic carbocycles. The second-order valence-corrected chi connectivity index (χ2v) is 4.61. The second kappa shape index (κ2) is 5.79. The Bertz CT molecular complexity index is 735. The molecule has 0 aliphatic heterocycles. The Morgan fingerprint density at radius 1 is 1.10 bits per heavy atom. The number of hydrogen-bond acceptors (Lipinski definition) is 2. The SMILES string of the molecule is CCOc1ccc(-n2cc(-c3cccc(F)c3)cn2)cc1. The Morgan fingerprint density at radius 3 is 2.62 bits per heavy atom. The fraction of sp³-hybridized carbons (Fsp3) is 0.118. The molecule has 2 aromatic carbocycles. The van der Waals surface area contributed by atoms with E-state index < -0.39 is 0 Å². The highest BCUT2D eigenvalue weighted by Gasteiger charge is 2.04. The lowest BCUT2D eigenvalue weighted by Crippen LogP contribution is -1.95. The first-order chi connectivity index (χ1) is 10.3. The van der Waals surface area contributed by atoms with Crippen molar-refractivity contribution in [2.45, 2.75) is 6.92 Å². The molecule has 0 amide bonds. The summed E-state index contributed by atoms with van der Waals surface area (Å²) in [4.78, 5) is 0. The molecule has 0 saturated carbocycles. The molecular weight excluding hydrogens is 267 g/mol. The Hall–Kier alpha value is -2.62. The number of ether oxygens (including phenoxy) is 1. The predicted molar refractivity (Wildman–Crippen MR) is 80.1 cm³/mol. The minimum Gasteiger partial charge on any atom is -0.494 e. The lowest BCUT2D eigenvalue weighted by Gasteiger charge is -2.04. The van der Waals surface area contributed by atoms with Gasteiger partial charge in [-0.1, -0.05) is 12.1 Å². The number of hydrogen-bond donors (Lipinski definition) is 0. The van der Waals surface area contributed by atoms with Crippen LogP contribution in [0.3, 0.4) is 0 Å². The van der Waals surface area contributed by atoms with E-state index in [1.807, 2.05) is 43.5 Å². The van der Waals surface area contributed by atoms with Crippen LogP contribution in [0.5, 0.6) is 5.75 Å². The monoisotopic (exact) mass is 282 g/mol. The van der Waals surface area contributed by atoms with Gasteiger partial charge in [0.15, 0.2) is 0 Å². The third kappa shape index (κ3) is 2.94. The zero-order valence-corrected chi connectivity index (χ0v) is 11.7. The lowest BCUT2D eigenvalue weighted by atomic mass is 10.1. The van der Waals surface area contributed by atoms with E-state index >= 15 is 0 Å². The molecule has 106 valence electrons. The lowest BCUT2D eigenvalue weighted by molar-refractivity contribution is 0.340. The summed E-state index contributed by atoms with van der Waals surface area (Å²) in [6.07, 6.45) is 3.61. The highest BCUT2D eigenvalue weighted by atomic mass is 19.1.